The Morgan fingerprint density at radius 3 is 2.70 bits per heavy atom. The molecule has 52 valence electrons. The summed E-state index contributed by atoms with van der Waals surface area (Å²) < 4.78 is 4.62. The van der Waals surface area contributed by atoms with Gasteiger partial charge in [-0.15, -0.1) is 0 Å². The second-order valence-electron chi connectivity index (χ2n) is 1.52. The fourth-order valence-corrected chi connectivity index (χ4v) is 0.475. The minimum Gasteiger partial charge on any atom is -0.520 e. The molecule has 0 aliphatic carbocycles. The third kappa shape index (κ3) is 2.81. The molecule has 0 saturated heterocycles. The van der Waals surface area contributed by atoms with Gasteiger partial charge in [0.05, 0.1) is 0 Å². The van der Waals surface area contributed by atoms with Gasteiger partial charge in [-0.1, -0.05) is 0 Å². The van der Waals surface area contributed by atoms with Crippen molar-refractivity contribution < 1.29 is 56.4 Å². The van der Waals surface area contributed by atoms with Gasteiger partial charge < -0.3 is 9.84 Å². The van der Waals surface area contributed by atoms with Crippen LogP contribution in [-0.4, -0.2) is 17.2 Å². The predicted octanol–water partition coefficient (Wildman–Crippen LogP) is 0.343. The third-order valence-corrected chi connectivity index (χ3v) is 0.861. The Morgan fingerprint density at radius 1 is 1.70 bits per heavy atom. The molecule has 0 bridgehead atoms. The summed E-state index contributed by atoms with van der Waals surface area (Å²) in [6.45, 7) is 0. The van der Waals surface area contributed by atoms with Crippen molar-refractivity contribution in [3.05, 3.63) is 24.5 Å². The molecule has 0 amide bonds. The normalized spacial score (nSPS) is 21.0. The average molecular weight is 265 g/mol. The number of carbonyl (C=O) groups is 1. The van der Waals surface area contributed by atoms with E-state index < -0.39 is 12.1 Å². The number of rotatable bonds is 1. The number of carboxylic acids is 1. The quantitative estimate of drug-likeness (QED) is 0.696. The largest absolute Gasteiger partial charge is 0.520 e. The fraction of sp³-hybridized carbons (Fsp3) is 0.167. The van der Waals surface area contributed by atoms with Gasteiger partial charge in [0, 0.05) is 48.0 Å². The number of hydrogen-bond donors (Lipinski definition) is 1. The molecule has 4 heteroatoms. The second-order valence-corrected chi connectivity index (χ2v) is 1.52. The van der Waals surface area contributed by atoms with Crippen LogP contribution >= 0.6 is 0 Å². The summed E-state index contributed by atoms with van der Waals surface area (Å²) in [6.07, 6.45) is 5.99. The van der Waals surface area contributed by atoms with Crippen LogP contribution in [0.5, 0.6) is 0 Å². The minimum absolute atomic E-state index is 0. The first-order valence-electron chi connectivity index (χ1n) is 2.43. The minimum atomic E-state index is -1.02. The maximum absolute atomic E-state index is 10.1. The molecule has 0 aromatic carbocycles. The first kappa shape index (κ1) is 10.1. The summed E-state index contributed by atoms with van der Waals surface area (Å²) >= 11 is 0. The van der Waals surface area contributed by atoms with Crippen molar-refractivity contribution in [1.82, 2.24) is 0 Å². The molecule has 0 saturated carbocycles. The van der Waals surface area contributed by atoms with Crippen molar-refractivity contribution in [3.63, 3.8) is 0 Å². The van der Waals surface area contributed by atoms with Crippen LogP contribution in [0.3, 0.4) is 0 Å². The van der Waals surface area contributed by atoms with E-state index in [9.17, 15) is 4.79 Å². The molecule has 1 aliphatic heterocycles. The third-order valence-electron chi connectivity index (χ3n) is 0.861. The molecule has 1 atom stereocenters. The Labute approximate surface area is 92.1 Å². The molecule has 1 rings (SSSR count). The van der Waals surface area contributed by atoms with Gasteiger partial charge in [0.2, 0.25) is 0 Å². The summed E-state index contributed by atoms with van der Waals surface area (Å²) in [6, 6.07) is 0. The maximum atomic E-state index is 10.1. The monoisotopic (exact) mass is 265 g/mol. The van der Waals surface area contributed by atoms with Crippen LogP contribution in [0.2, 0.25) is 0 Å². The van der Waals surface area contributed by atoms with Crippen LogP contribution in [0.25, 0.3) is 0 Å². The van der Waals surface area contributed by atoms with Crippen molar-refractivity contribution in [2.45, 2.75) is 6.10 Å². The van der Waals surface area contributed by atoms with Gasteiger partial charge in [0.25, 0.3) is 0 Å². The van der Waals surface area contributed by atoms with Gasteiger partial charge >= 0.3 is 5.97 Å². The molecule has 0 fully saturated rings. The summed E-state index contributed by atoms with van der Waals surface area (Å²) in [5.74, 6) is -1.02. The van der Waals surface area contributed by atoms with Crippen molar-refractivity contribution in [2.75, 3.05) is 0 Å². The molecule has 10 heavy (non-hydrogen) atoms. The molecule has 1 aliphatic rings. The molecule has 0 spiro atoms. The van der Waals surface area contributed by atoms with Crippen molar-refractivity contribution in [1.29, 1.82) is 0 Å². The van der Waals surface area contributed by atoms with Gasteiger partial charge in [-0.3, -0.25) is 0 Å². The zero-order valence-corrected chi connectivity index (χ0v) is 8.21. The van der Waals surface area contributed by atoms with Crippen molar-refractivity contribution in [2.24, 2.45) is 0 Å². The Balaban J connectivity index is 0.000000810. The standard InChI is InChI=1S/C6H5O3.Ce/c7-6(8)5-3-1-2-4-9-5;/h1-2,4-5H,(H,7,8);/q-1;. The second kappa shape index (κ2) is 4.87. The van der Waals surface area contributed by atoms with Crippen LogP contribution < -0.4 is 0 Å². The van der Waals surface area contributed by atoms with E-state index in [0.717, 1.165) is 0 Å². The molecule has 0 aromatic rings. The van der Waals surface area contributed by atoms with E-state index in [1.54, 1.807) is 6.08 Å². The SMILES string of the molecule is O=C(O)C1[C-]=CC=CO1.[Ce]. The zero-order chi connectivity index (χ0) is 6.69. The Kier molecular flexibility index (Phi) is 4.93. The molecule has 0 aromatic heterocycles. The van der Waals surface area contributed by atoms with Gasteiger partial charge in [0.1, 0.15) is 6.10 Å². The first-order valence-corrected chi connectivity index (χ1v) is 2.43. The molecule has 1 heterocycles. The van der Waals surface area contributed by atoms with Crippen LogP contribution in [0.4, 0.5) is 0 Å². The molecule has 0 radical (unpaired) electrons. The van der Waals surface area contributed by atoms with E-state index in [4.69, 9.17) is 5.11 Å². The van der Waals surface area contributed by atoms with E-state index >= 15 is 0 Å². The van der Waals surface area contributed by atoms with Crippen molar-refractivity contribution in [3.8, 4) is 0 Å². The molecular formula is C6H5CeO3-. The van der Waals surface area contributed by atoms with Crippen molar-refractivity contribution >= 4 is 5.97 Å². The summed E-state index contributed by atoms with van der Waals surface area (Å²) in [5.41, 5.74) is 0. The van der Waals surface area contributed by atoms with Crippen LogP contribution in [0.1, 0.15) is 0 Å². The molecule has 3 nitrogen and oxygen atoms in total. The molecule has 1 N–H and O–H groups in total. The van der Waals surface area contributed by atoms with E-state index in [-0.39, 0.29) is 41.7 Å². The maximum Gasteiger partial charge on any atom is 0.330 e. The zero-order valence-electron chi connectivity index (χ0n) is 5.07. The van der Waals surface area contributed by atoms with E-state index in [0.29, 0.717) is 0 Å². The van der Waals surface area contributed by atoms with Gasteiger partial charge in [-0.05, 0) is 0 Å². The van der Waals surface area contributed by atoms with Gasteiger partial charge in [0.15, 0.2) is 0 Å². The summed E-state index contributed by atoms with van der Waals surface area (Å²) in [4.78, 5) is 10.1. The van der Waals surface area contributed by atoms with Crippen LogP contribution in [0, 0.1) is 47.8 Å². The van der Waals surface area contributed by atoms with E-state index in [1.165, 1.54) is 12.3 Å². The number of hydrogen-bond acceptors (Lipinski definition) is 2. The first-order chi connectivity index (χ1) is 4.30. The van der Waals surface area contributed by atoms with Gasteiger partial charge in [-0.25, -0.2) is 16.9 Å². The van der Waals surface area contributed by atoms with Gasteiger partial charge in [-0.2, -0.15) is 6.08 Å². The summed E-state index contributed by atoms with van der Waals surface area (Å²) in [5, 5.41) is 8.30. The summed E-state index contributed by atoms with van der Waals surface area (Å²) in [7, 11) is 0. The predicted molar refractivity (Wildman–Crippen MR) is 29.5 cm³/mol. The molecular weight excluding hydrogens is 260 g/mol. The number of carboxylic acid groups (broad SMARTS) is 1. The van der Waals surface area contributed by atoms with E-state index in [2.05, 4.69) is 10.8 Å². The Hall–Kier alpha value is 0.127. The average Bonchev–Trinajstić information content (AvgIpc) is 1.90. The van der Waals surface area contributed by atoms with Crippen LogP contribution in [0.15, 0.2) is 18.4 Å². The Morgan fingerprint density at radius 2 is 2.40 bits per heavy atom. The molecule has 1 unspecified atom stereocenters. The topological polar surface area (TPSA) is 46.5 Å². The van der Waals surface area contributed by atoms with Crippen LogP contribution in [-0.2, 0) is 9.53 Å². The van der Waals surface area contributed by atoms with E-state index in [1.807, 2.05) is 0 Å². The number of ether oxygens (including phenoxy) is 1. The Bertz CT molecular complexity index is 174. The smallest absolute Gasteiger partial charge is 0.330 e. The fourth-order valence-electron chi connectivity index (χ4n) is 0.475. The number of aliphatic carboxylic acids is 1. The number of allylic oxidation sites excluding steroid dienone is 2.